The van der Waals surface area contributed by atoms with Crippen LogP contribution in [0.3, 0.4) is 0 Å². The Morgan fingerprint density at radius 1 is 1.38 bits per heavy atom. The molecule has 0 aliphatic carbocycles. The minimum atomic E-state index is 0.486. The van der Waals surface area contributed by atoms with Gasteiger partial charge in [0, 0.05) is 36.1 Å². The van der Waals surface area contributed by atoms with Crippen LogP contribution in [0.2, 0.25) is 10.0 Å². The largest absolute Gasteiger partial charge is 0.495 e. The molecule has 1 aromatic carbocycles. The molecule has 0 radical (unpaired) electrons. The van der Waals surface area contributed by atoms with Crippen LogP contribution in [0.5, 0.6) is 5.75 Å². The second kappa shape index (κ2) is 7.69. The number of methoxy groups -OCH3 is 1. The number of rotatable bonds is 7. The van der Waals surface area contributed by atoms with E-state index in [1.165, 1.54) is 0 Å². The zero-order valence-corrected chi connectivity index (χ0v) is 13.7. The van der Waals surface area contributed by atoms with E-state index >= 15 is 0 Å². The lowest BCUT2D eigenvalue weighted by Crippen LogP contribution is -2.23. The smallest absolute Gasteiger partial charge is 0.142 e. The predicted molar refractivity (Wildman–Crippen MR) is 86.1 cm³/mol. The molecule has 0 amide bonds. The topological polar surface area (TPSA) is 39.1 Å². The highest BCUT2D eigenvalue weighted by Gasteiger charge is 2.10. The van der Waals surface area contributed by atoms with Gasteiger partial charge in [0.05, 0.1) is 18.5 Å². The zero-order valence-electron chi connectivity index (χ0n) is 12.1. The van der Waals surface area contributed by atoms with Crippen LogP contribution in [0.15, 0.2) is 30.9 Å². The Bertz CT molecular complexity index is 573. The summed E-state index contributed by atoms with van der Waals surface area (Å²) < 4.78 is 7.40. The first-order chi connectivity index (χ1) is 10.1. The molecule has 0 saturated heterocycles. The van der Waals surface area contributed by atoms with Crippen molar-refractivity contribution >= 4 is 23.2 Å². The van der Waals surface area contributed by atoms with Gasteiger partial charge in [0.25, 0.3) is 0 Å². The lowest BCUT2D eigenvalue weighted by atomic mass is 10.1. The number of hydrogen-bond acceptors (Lipinski definition) is 3. The summed E-state index contributed by atoms with van der Waals surface area (Å²) in [5.41, 5.74) is 0.963. The van der Waals surface area contributed by atoms with Crippen molar-refractivity contribution in [2.24, 2.45) is 5.92 Å². The molecule has 0 bridgehead atoms. The number of aromatic nitrogens is 2. The van der Waals surface area contributed by atoms with Crippen LogP contribution in [0.4, 0.5) is 0 Å². The van der Waals surface area contributed by atoms with Crippen LogP contribution in [0, 0.1) is 5.92 Å². The summed E-state index contributed by atoms with van der Waals surface area (Å²) in [5.74, 6) is 1.16. The predicted octanol–water partition coefficient (Wildman–Crippen LogP) is 3.62. The lowest BCUT2D eigenvalue weighted by Gasteiger charge is -2.15. The van der Waals surface area contributed by atoms with Gasteiger partial charge in [-0.15, -0.1) is 0 Å². The molecule has 1 N–H and O–H groups in total. The Balaban J connectivity index is 1.88. The molecule has 0 aliphatic rings. The normalized spacial score (nSPS) is 12.4. The van der Waals surface area contributed by atoms with Crippen molar-refractivity contribution in [2.75, 3.05) is 13.7 Å². The fourth-order valence-corrected chi connectivity index (χ4v) is 2.86. The zero-order chi connectivity index (χ0) is 15.2. The molecule has 2 aromatic rings. The van der Waals surface area contributed by atoms with Gasteiger partial charge < -0.3 is 14.6 Å². The molecule has 0 spiro atoms. The molecule has 1 atom stereocenters. The Hall–Kier alpha value is -1.23. The summed E-state index contributed by atoms with van der Waals surface area (Å²) in [4.78, 5) is 4.04. The van der Waals surface area contributed by atoms with Crippen molar-refractivity contribution < 1.29 is 4.74 Å². The molecular weight excluding hydrogens is 309 g/mol. The van der Waals surface area contributed by atoms with E-state index in [-0.39, 0.29) is 0 Å². The van der Waals surface area contributed by atoms with Gasteiger partial charge in [0.2, 0.25) is 0 Å². The van der Waals surface area contributed by atoms with Gasteiger partial charge in [-0.3, -0.25) is 0 Å². The molecule has 0 saturated carbocycles. The summed E-state index contributed by atoms with van der Waals surface area (Å²) in [6.07, 6.45) is 5.59. The number of benzene rings is 1. The minimum Gasteiger partial charge on any atom is -0.495 e. The quantitative estimate of drug-likeness (QED) is 0.844. The second-order valence-corrected chi connectivity index (χ2v) is 5.92. The van der Waals surface area contributed by atoms with Gasteiger partial charge >= 0.3 is 0 Å². The SMILES string of the molecule is COc1c(Cl)cc(Cl)cc1CNCC(C)Cn1ccnc1. The molecule has 21 heavy (non-hydrogen) atoms. The monoisotopic (exact) mass is 327 g/mol. The standard InChI is InChI=1S/C15H19Cl2N3O/c1-11(9-20-4-3-18-10-20)7-19-8-12-5-13(16)6-14(17)15(12)21-2/h3-6,10-11,19H,7-9H2,1-2H3. The first-order valence-electron chi connectivity index (χ1n) is 6.78. The highest BCUT2D eigenvalue weighted by Crippen LogP contribution is 2.32. The van der Waals surface area contributed by atoms with Gasteiger partial charge in [0.15, 0.2) is 0 Å². The number of ether oxygens (including phenoxy) is 1. The van der Waals surface area contributed by atoms with E-state index in [0.717, 1.165) is 18.7 Å². The minimum absolute atomic E-state index is 0.486. The van der Waals surface area contributed by atoms with Crippen molar-refractivity contribution in [1.82, 2.24) is 14.9 Å². The summed E-state index contributed by atoms with van der Waals surface area (Å²) in [7, 11) is 1.61. The molecule has 4 nitrogen and oxygen atoms in total. The summed E-state index contributed by atoms with van der Waals surface area (Å²) >= 11 is 12.2. The van der Waals surface area contributed by atoms with Crippen LogP contribution in [-0.2, 0) is 13.1 Å². The van der Waals surface area contributed by atoms with Crippen molar-refractivity contribution in [2.45, 2.75) is 20.0 Å². The van der Waals surface area contributed by atoms with E-state index in [1.54, 1.807) is 19.4 Å². The third-order valence-corrected chi connectivity index (χ3v) is 3.68. The van der Waals surface area contributed by atoms with Crippen LogP contribution in [0.25, 0.3) is 0 Å². The van der Waals surface area contributed by atoms with Crippen molar-refractivity contribution in [3.05, 3.63) is 46.5 Å². The second-order valence-electron chi connectivity index (χ2n) is 5.08. The number of nitrogens with one attached hydrogen (secondary N) is 1. The maximum absolute atomic E-state index is 6.12. The molecule has 0 aliphatic heterocycles. The van der Waals surface area contributed by atoms with E-state index in [1.807, 2.05) is 18.6 Å². The highest BCUT2D eigenvalue weighted by atomic mass is 35.5. The molecule has 114 valence electrons. The van der Waals surface area contributed by atoms with E-state index < -0.39 is 0 Å². The maximum Gasteiger partial charge on any atom is 0.142 e. The maximum atomic E-state index is 6.12. The van der Waals surface area contributed by atoms with E-state index in [9.17, 15) is 0 Å². The Kier molecular flexibility index (Phi) is 5.91. The summed E-state index contributed by atoms with van der Waals surface area (Å²) in [5, 5.41) is 4.56. The average Bonchev–Trinajstić information content (AvgIpc) is 2.91. The first kappa shape index (κ1) is 16.1. The van der Waals surface area contributed by atoms with Gasteiger partial charge in [-0.2, -0.15) is 0 Å². The third kappa shape index (κ3) is 4.63. The summed E-state index contributed by atoms with van der Waals surface area (Å²) in [6, 6.07) is 3.56. The lowest BCUT2D eigenvalue weighted by molar-refractivity contribution is 0.403. The van der Waals surface area contributed by atoms with Gasteiger partial charge in [-0.1, -0.05) is 30.1 Å². The average molecular weight is 328 g/mol. The van der Waals surface area contributed by atoms with Gasteiger partial charge in [-0.05, 0) is 24.6 Å². The molecule has 1 aromatic heterocycles. The fourth-order valence-electron chi connectivity index (χ4n) is 2.25. The van der Waals surface area contributed by atoms with E-state index in [4.69, 9.17) is 27.9 Å². The first-order valence-corrected chi connectivity index (χ1v) is 7.54. The van der Waals surface area contributed by atoms with Gasteiger partial charge in [0.1, 0.15) is 5.75 Å². The van der Waals surface area contributed by atoms with Crippen molar-refractivity contribution in [3.8, 4) is 5.75 Å². The Labute approximate surface area is 135 Å². The van der Waals surface area contributed by atoms with Crippen LogP contribution in [-0.4, -0.2) is 23.2 Å². The third-order valence-electron chi connectivity index (χ3n) is 3.18. The molecule has 0 fully saturated rings. The van der Waals surface area contributed by atoms with Crippen LogP contribution in [0.1, 0.15) is 12.5 Å². The van der Waals surface area contributed by atoms with Crippen LogP contribution >= 0.6 is 23.2 Å². The number of imidazole rings is 1. The number of hydrogen-bond donors (Lipinski definition) is 1. The summed E-state index contributed by atoms with van der Waals surface area (Å²) in [6.45, 7) is 4.67. The number of halogens is 2. The molecule has 2 rings (SSSR count). The van der Waals surface area contributed by atoms with E-state index in [0.29, 0.717) is 28.3 Å². The molecule has 6 heteroatoms. The molecule has 1 unspecified atom stereocenters. The highest BCUT2D eigenvalue weighted by molar-refractivity contribution is 6.35. The molecule has 1 heterocycles. The van der Waals surface area contributed by atoms with Crippen molar-refractivity contribution in [3.63, 3.8) is 0 Å². The van der Waals surface area contributed by atoms with E-state index in [2.05, 4.69) is 21.8 Å². The number of nitrogens with zero attached hydrogens (tertiary/aromatic N) is 2. The van der Waals surface area contributed by atoms with Crippen LogP contribution < -0.4 is 10.1 Å². The van der Waals surface area contributed by atoms with Crippen molar-refractivity contribution in [1.29, 1.82) is 0 Å². The fraction of sp³-hybridized carbons (Fsp3) is 0.400. The van der Waals surface area contributed by atoms with Gasteiger partial charge in [-0.25, -0.2) is 4.98 Å². The molecular formula is C15H19Cl2N3O. The Morgan fingerprint density at radius 3 is 2.86 bits per heavy atom. The Morgan fingerprint density at radius 2 is 2.19 bits per heavy atom.